The fourth-order valence-electron chi connectivity index (χ4n) is 3.50. The van der Waals surface area contributed by atoms with Crippen molar-refractivity contribution in [3.63, 3.8) is 0 Å². The predicted molar refractivity (Wildman–Crippen MR) is 132 cm³/mol. The van der Waals surface area contributed by atoms with Crippen molar-refractivity contribution in [1.29, 1.82) is 0 Å². The number of carbonyl (C=O) groups is 1. The van der Waals surface area contributed by atoms with Gasteiger partial charge in [0.05, 0.1) is 29.0 Å². The summed E-state index contributed by atoms with van der Waals surface area (Å²) in [5.41, 5.74) is 1.41. The van der Waals surface area contributed by atoms with Gasteiger partial charge in [0, 0.05) is 19.2 Å². The molecule has 0 atom stereocenters. The summed E-state index contributed by atoms with van der Waals surface area (Å²) in [7, 11) is 1.63. The molecule has 8 heteroatoms. The average molecular weight is 478 g/mol. The number of carbonyl (C=O) groups excluding carboxylic acids is 1. The fourth-order valence-corrected chi connectivity index (χ4v) is 4.46. The van der Waals surface area contributed by atoms with Gasteiger partial charge in [-0.25, -0.2) is 9.37 Å². The number of nitrogens with zero attached hydrogens (tertiary/aromatic N) is 3. The van der Waals surface area contributed by atoms with Crippen LogP contribution in [0, 0.1) is 5.82 Å². The van der Waals surface area contributed by atoms with E-state index in [0.29, 0.717) is 39.7 Å². The smallest absolute Gasteiger partial charge is 0.266 e. The molecule has 0 spiro atoms. The van der Waals surface area contributed by atoms with Crippen LogP contribution >= 0.6 is 11.8 Å². The number of fused-ring (bicyclic) bond motifs is 1. The zero-order chi connectivity index (χ0) is 24.1. The quantitative estimate of drug-likeness (QED) is 0.273. The molecule has 0 N–H and O–H groups in total. The van der Waals surface area contributed by atoms with Gasteiger partial charge >= 0.3 is 0 Å². The number of aromatic nitrogens is 2. The van der Waals surface area contributed by atoms with Gasteiger partial charge in [0.25, 0.3) is 5.56 Å². The lowest BCUT2D eigenvalue weighted by molar-refractivity contribution is -0.127. The van der Waals surface area contributed by atoms with E-state index in [1.165, 1.54) is 27.3 Å². The summed E-state index contributed by atoms with van der Waals surface area (Å²) in [6.45, 7) is 2.60. The Hall–Kier alpha value is -3.65. The second-order valence-corrected chi connectivity index (χ2v) is 8.55. The molecule has 34 heavy (non-hydrogen) atoms. The van der Waals surface area contributed by atoms with Crippen LogP contribution in [0.1, 0.15) is 12.5 Å². The van der Waals surface area contributed by atoms with Crippen LogP contribution in [0.15, 0.2) is 82.7 Å². The molecular formula is C26H24FN3O3S. The maximum Gasteiger partial charge on any atom is 0.266 e. The number of hydrogen-bond acceptors (Lipinski definition) is 5. The van der Waals surface area contributed by atoms with E-state index in [0.717, 1.165) is 0 Å². The minimum atomic E-state index is -0.352. The first kappa shape index (κ1) is 23.5. The molecule has 4 rings (SSSR count). The first-order chi connectivity index (χ1) is 16.5. The van der Waals surface area contributed by atoms with Gasteiger partial charge in [-0.3, -0.25) is 14.2 Å². The molecule has 0 aliphatic carbocycles. The maximum absolute atomic E-state index is 14.0. The summed E-state index contributed by atoms with van der Waals surface area (Å²) in [6.07, 6.45) is 0. The molecule has 0 aliphatic rings. The van der Waals surface area contributed by atoms with Crippen LogP contribution in [0.2, 0.25) is 0 Å². The zero-order valence-electron chi connectivity index (χ0n) is 18.9. The van der Waals surface area contributed by atoms with Crippen molar-refractivity contribution in [2.24, 2.45) is 0 Å². The van der Waals surface area contributed by atoms with E-state index in [4.69, 9.17) is 4.74 Å². The number of rotatable bonds is 8. The average Bonchev–Trinajstić information content (AvgIpc) is 2.85. The van der Waals surface area contributed by atoms with E-state index in [2.05, 4.69) is 4.98 Å². The monoisotopic (exact) mass is 477 g/mol. The Bertz CT molecular complexity index is 1370. The number of halogens is 1. The van der Waals surface area contributed by atoms with Gasteiger partial charge in [-0.15, -0.1) is 0 Å². The van der Waals surface area contributed by atoms with Gasteiger partial charge in [-0.05, 0) is 49.4 Å². The lowest BCUT2D eigenvalue weighted by Crippen LogP contribution is -2.29. The molecule has 1 aromatic heterocycles. The molecule has 1 amide bonds. The van der Waals surface area contributed by atoms with Crippen molar-refractivity contribution < 1.29 is 13.9 Å². The number of ether oxygens (including phenoxy) is 1. The van der Waals surface area contributed by atoms with Crippen molar-refractivity contribution in [2.45, 2.75) is 18.6 Å². The summed E-state index contributed by atoms with van der Waals surface area (Å²) in [6, 6.07) is 20.7. The predicted octanol–water partition coefficient (Wildman–Crippen LogP) is 4.67. The van der Waals surface area contributed by atoms with Gasteiger partial charge in [-0.2, -0.15) is 0 Å². The van der Waals surface area contributed by atoms with Gasteiger partial charge in [0.2, 0.25) is 5.91 Å². The van der Waals surface area contributed by atoms with Crippen LogP contribution in [0.4, 0.5) is 4.39 Å². The summed E-state index contributed by atoms with van der Waals surface area (Å²) >= 11 is 1.17. The number of para-hydroxylation sites is 1. The first-order valence-electron chi connectivity index (χ1n) is 10.8. The third kappa shape index (κ3) is 5.12. The lowest BCUT2D eigenvalue weighted by atomic mass is 10.2. The van der Waals surface area contributed by atoms with Crippen LogP contribution in [-0.4, -0.2) is 39.8 Å². The number of thioether (sulfide) groups is 1. The highest BCUT2D eigenvalue weighted by molar-refractivity contribution is 7.99. The van der Waals surface area contributed by atoms with E-state index in [-0.39, 0.29) is 29.6 Å². The number of hydrogen-bond donors (Lipinski definition) is 0. The Morgan fingerprint density at radius 2 is 1.76 bits per heavy atom. The minimum absolute atomic E-state index is 0.0484. The molecule has 0 bridgehead atoms. The van der Waals surface area contributed by atoms with Gasteiger partial charge in [0.1, 0.15) is 11.6 Å². The molecule has 0 unspecified atom stereocenters. The molecular weight excluding hydrogens is 453 g/mol. The van der Waals surface area contributed by atoms with Gasteiger partial charge in [0.15, 0.2) is 5.16 Å². The van der Waals surface area contributed by atoms with Crippen molar-refractivity contribution in [3.8, 4) is 11.4 Å². The van der Waals surface area contributed by atoms with Crippen LogP contribution < -0.4 is 10.3 Å². The highest BCUT2D eigenvalue weighted by Crippen LogP contribution is 2.23. The van der Waals surface area contributed by atoms with Crippen LogP contribution in [0.3, 0.4) is 0 Å². The summed E-state index contributed by atoms with van der Waals surface area (Å²) in [5, 5.41) is 0.893. The molecule has 174 valence electrons. The molecule has 0 saturated carbocycles. The molecule has 0 radical (unpaired) electrons. The van der Waals surface area contributed by atoms with Crippen molar-refractivity contribution >= 4 is 28.6 Å². The van der Waals surface area contributed by atoms with Crippen LogP contribution in [0.5, 0.6) is 5.75 Å². The summed E-state index contributed by atoms with van der Waals surface area (Å²) in [4.78, 5) is 32.3. The number of amides is 1. The Morgan fingerprint density at radius 3 is 2.50 bits per heavy atom. The van der Waals surface area contributed by atoms with Crippen molar-refractivity contribution in [2.75, 3.05) is 19.4 Å². The Balaban J connectivity index is 1.62. The Kier molecular flexibility index (Phi) is 7.27. The topological polar surface area (TPSA) is 64.4 Å². The highest BCUT2D eigenvalue weighted by atomic mass is 32.2. The lowest BCUT2D eigenvalue weighted by Gasteiger charge is -2.18. The molecule has 0 aliphatic heterocycles. The minimum Gasteiger partial charge on any atom is -0.494 e. The normalized spacial score (nSPS) is 10.9. The van der Waals surface area contributed by atoms with E-state index in [1.54, 1.807) is 67.7 Å². The van der Waals surface area contributed by atoms with E-state index >= 15 is 0 Å². The second-order valence-electron chi connectivity index (χ2n) is 7.61. The summed E-state index contributed by atoms with van der Waals surface area (Å²) in [5.74, 6) is 0.198. The zero-order valence-corrected chi connectivity index (χ0v) is 19.7. The molecule has 1 heterocycles. The molecule has 4 aromatic rings. The van der Waals surface area contributed by atoms with Gasteiger partial charge < -0.3 is 9.64 Å². The SMILES string of the molecule is CCOc1ccc(-n2c(SCC(=O)N(C)Cc3ccccc3F)nc3ccccc3c2=O)cc1. The third-order valence-electron chi connectivity index (χ3n) is 5.27. The van der Waals surface area contributed by atoms with E-state index < -0.39 is 0 Å². The largest absolute Gasteiger partial charge is 0.494 e. The molecule has 0 fully saturated rings. The van der Waals surface area contributed by atoms with Gasteiger partial charge in [-0.1, -0.05) is 42.1 Å². The highest BCUT2D eigenvalue weighted by Gasteiger charge is 2.17. The fraction of sp³-hybridized carbons (Fsp3) is 0.192. The summed E-state index contributed by atoms with van der Waals surface area (Å²) < 4.78 is 21.0. The van der Waals surface area contributed by atoms with Crippen LogP contribution in [0.25, 0.3) is 16.6 Å². The van der Waals surface area contributed by atoms with E-state index in [9.17, 15) is 14.0 Å². The molecule has 6 nitrogen and oxygen atoms in total. The molecule has 0 saturated heterocycles. The number of benzene rings is 3. The van der Waals surface area contributed by atoms with Crippen molar-refractivity contribution in [1.82, 2.24) is 14.5 Å². The second kappa shape index (κ2) is 10.5. The Morgan fingerprint density at radius 1 is 1.06 bits per heavy atom. The Labute approximate surface area is 201 Å². The maximum atomic E-state index is 14.0. The molecule has 3 aromatic carbocycles. The standard InChI is InChI=1S/C26H24FN3O3S/c1-3-33-20-14-12-19(13-15-20)30-25(32)21-9-5-7-11-23(21)28-26(30)34-17-24(31)29(2)16-18-8-4-6-10-22(18)27/h4-15H,3,16-17H2,1-2H3. The van der Waals surface area contributed by atoms with Crippen LogP contribution in [-0.2, 0) is 11.3 Å². The first-order valence-corrected chi connectivity index (χ1v) is 11.8. The van der Waals surface area contributed by atoms with Crippen molar-refractivity contribution in [3.05, 3.63) is 94.5 Å². The third-order valence-corrected chi connectivity index (χ3v) is 6.19. The van der Waals surface area contributed by atoms with E-state index in [1.807, 2.05) is 13.0 Å².